The summed E-state index contributed by atoms with van der Waals surface area (Å²) in [6, 6.07) is 9.56. The first-order chi connectivity index (χ1) is 8.97. The Hall–Kier alpha value is -0.610. The molecule has 2 rings (SSSR count). The second-order valence-corrected chi connectivity index (χ2v) is 5.88. The lowest BCUT2D eigenvalue weighted by Gasteiger charge is -2.14. The highest BCUT2D eigenvalue weighted by atomic mass is 79.9. The van der Waals surface area contributed by atoms with Crippen molar-refractivity contribution >= 4 is 39.1 Å². The molecular weight excluding hydrogens is 354 g/mol. The average molecular weight is 364 g/mol. The summed E-state index contributed by atoms with van der Waals surface area (Å²) in [7, 11) is 0. The fraction of sp³-hybridized carbons (Fsp3) is 0.143. The molecule has 0 bridgehead atoms. The first-order valence-corrected chi connectivity index (χ1v) is 7.09. The summed E-state index contributed by atoms with van der Waals surface area (Å²) in [5, 5.41) is 11.0. The summed E-state index contributed by atoms with van der Waals surface area (Å²) in [6.07, 6.45) is -0.763. The average Bonchev–Trinajstić information content (AvgIpc) is 2.35. The summed E-state index contributed by atoms with van der Waals surface area (Å²) >= 11 is 15.1. The van der Waals surface area contributed by atoms with Crippen LogP contribution in [-0.2, 0) is 6.42 Å². The predicted molar refractivity (Wildman–Crippen MR) is 79.2 cm³/mol. The van der Waals surface area contributed by atoms with Gasteiger partial charge < -0.3 is 5.11 Å². The van der Waals surface area contributed by atoms with Crippen molar-refractivity contribution in [1.82, 2.24) is 0 Å². The lowest BCUT2D eigenvalue weighted by molar-refractivity contribution is 0.177. The van der Waals surface area contributed by atoms with E-state index in [0.29, 0.717) is 25.6 Å². The lowest BCUT2D eigenvalue weighted by atomic mass is 10.0. The lowest BCUT2D eigenvalue weighted by Crippen LogP contribution is -2.04. The van der Waals surface area contributed by atoms with Gasteiger partial charge >= 0.3 is 0 Å². The molecule has 0 radical (unpaired) electrons. The Morgan fingerprint density at radius 2 is 1.89 bits per heavy atom. The van der Waals surface area contributed by atoms with E-state index in [4.69, 9.17) is 23.2 Å². The van der Waals surface area contributed by atoms with Crippen LogP contribution in [0.25, 0.3) is 0 Å². The molecule has 0 fully saturated rings. The van der Waals surface area contributed by atoms with E-state index in [0.717, 1.165) is 0 Å². The van der Waals surface area contributed by atoms with Gasteiger partial charge in [0.15, 0.2) is 0 Å². The van der Waals surface area contributed by atoms with Gasteiger partial charge in [-0.15, -0.1) is 0 Å². The largest absolute Gasteiger partial charge is 0.388 e. The highest BCUT2D eigenvalue weighted by Crippen LogP contribution is 2.29. The zero-order chi connectivity index (χ0) is 14.0. The predicted octanol–water partition coefficient (Wildman–Crippen LogP) is 5.17. The molecule has 0 aliphatic heterocycles. The van der Waals surface area contributed by atoms with Gasteiger partial charge in [0, 0.05) is 26.5 Å². The molecule has 0 aromatic heterocycles. The van der Waals surface area contributed by atoms with Gasteiger partial charge in [-0.05, 0) is 35.9 Å². The highest BCUT2D eigenvalue weighted by molar-refractivity contribution is 9.10. The second-order valence-electron chi connectivity index (χ2n) is 4.12. The van der Waals surface area contributed by atoms with E-state index >= 15 is 0 Å². The van der Waals surface area contributed by atoms with Gasteiger partial charge in [-0.2, -0.15) is 0 Å². The molecule has 5 heteroatoms. The Morgan fingerprint density at radius 1 is 1.16 bits per heavy atom. The molecule has 19 heavy (non-hydrogen) atoms. The van der Waals surface area contributed by atoms with Crippen molar-refractivity contribution in [3.05, 3.63) is 67.9 Å². The third-order valence-electron chi connectivity index (χ3n) is 2.75. The summed E-state index contributed by atoms with van der Waals surface area (Å²) in [5.74, 6) is -0.369. The smallest absolute Gasteiger partial charge is 0.127 e. The van der Waals surface area contributed by atoms with Crippen LogP contribution in [0.2, 0.25) is 10.0 Å². The summed E-state index contributed by atoms with van der Waals surface area (Å²) in [6.45, 7) is 0. The molecule has 100 valence electrons. The molecule has 1 N–H and O–H groups in total. The zero-order valence-corrected chi connectivity index (χ0v) is 12.8. The van der Waals surface area contributed by atoms with Crippen molar-refractivity contribution in [3.8, 4) is 0 Å². The normalized spacial score (nSPS) is 12.5. The summed E-state index contributed by atoms with van der Waals surface area (Å²) < 4.78 is 14.4. The molecule has 0 saturated heterocycles. The second kappa shape index (κ2) is 6.23. The highest BCUT2D eigenvalue weighted by Gasteiger charge is 2.15. The van der Waals surface area contributed by atoms with Crippen LogP contribution >= 0.6 is 39.1 Å². The van der Waals surface area contributed by atoms with Gasteiger partial charge in [0.2, 0.25) is 0 Å². The maximum atomic E-state index is 13.7. The first kappa shape index (κ1) is 14.8. The first-order valence-electron chi connectivity index (χ1n) is 5.54. The minimum Gasteiger partial charge on any atom is -0.388 e. The van der Waals surface area contributed by atoms with Gasteiger partial charge in [-0.1, -0.05) is 45.2 Å². The van der Waals surface area contributed by atoms with Gasteiger partial charge in [0.05, 0.1) is 6.10 Å². The minimum absolute atomic E-state index is 0.138. The van der Waals surface area contributed by atoms with E-state index in [1.54, 1.807) is 30.3 Å². The number of aliphatic hydroxyl groups excluding tert-OH is 1. The van der Waals surface area contributed by atoms with Gasteiger partial charge in [-0.25, -0.2) is 4.39 Å². The monoisotopic (exact) mass is 362 g/mol. The number of aliphatic hydroxyl groups is 1. The number of benzene rings is 2. The Labute approximate surface area is 129 Å². The summed E-state index contributed by atoms with van der Waals surface area (Å²) in [5.41, 5.74) is 0.920. The molecule has 2 aromatic carbocycles. The zero-order valence-electron chi connectivity index (χ0n) is 9.71. The van der Waals surface area contributed by atoms with E-state index in [1.165, 1.54) is 6.07 Å². The Kier molecular flexibility index (Phi) is 4.85. The number of hydrogen-bond donors (Lipinski definition) is 1. The molecule has 0 saturated carbocycles. The quantitative estimate of drug-likeness (QED) is 0.797. The molecule has 2 aromatic rings. The third kappa shape index (κ3) is 3.69. The van der Waals surface area contributed by atoms with Gasteiger partial charge in [0.1, 0.15) is 5.82 Å². The van der Waals surface area contributed by atoms with Crippen LogP contribution < -0.4 is 0 Å². The van der Waals surface area contributed by atoms with E-state index in [1.807, 2.05) is 0 Å². The van der Waals surface area contributed by atoms with Crippen molar-refractivity contribution in [2.45, 2.75) is 12.5 Å². The van der Waals surface area contributed by atoms with E-state index in [9.17, 15) is 9.50 Å². The fourth-order valence-electron chi connectivity index (χ4n) is 1.78. The molecule has 1 nitrogen and oxygen atoms in total. The maximum absolute atomic E-state index is 13.7. The van der Waals surface area contributed by atoms with Crippen molar-refractivity contribution in [3.63, 3.8) is 0 Å². The van der Waals surface area contributed by atoms with E-state index < -0.39 is 6.10 Å². The van der Waals surface area contributed by atoms with Crippen LogP contribution in [0.3, 0.4) is 0 Å². The van der Waals surface area contributed by atoms with Crippen LogP contribution in [0.1, 0.15) is 17.2 Å². The number of hydrogen-bond acceptors (Lipinski definition) is 1. The Balaban J connectivity index is 2.25. The molecule has 0 heterocycles. The minimum atomic E-state index is -0.901. The number of halogens is 4. The maximum Gasteiger partial charge on any atom is 0.127 e. The molecule has 0 amide bonds. The molecule has 1 atom stereocenters. The SMILES string of the molecule is OC(Cc1ccc(Br)cc1F)c1cc(Cl)ccc1Cl. The molecule has 0 spiro atoms. The van der Waals surface area contributed by atoms with Crippen LogP contribution in [0.15, 0.2) is 40.9 Å². The van der Waals surface area contributed by atoms with Gasteiger partial charge in [0.25, 0.3) is 0 Å². The van der Waals surface area contributed by atoms with Crippen LogP contribution in [0.5, 0.6) is 0 Å². The number of rotatable bonds is 3. The van der Waals surface area contributed by atoms with E-state index in [2.05, 4.69) is 15.9 Å². The molecule has 0 aliphatic rings. The summed E-state index contributed by atoms with van der Waals surface area (Å²) in [4.78, 5) is 0. The standard InChI is InChI=1S/C14H10BrCl2FO/c15-9-2-1-8(13(18)6-9)5-14(19)11-7-10(16)3-4-12(11)17/h1-4,6-7,14,19H,5H2. The van der Waals surface area contributed by atoms with Gasteiger partial charge in [-0.3, -0.25) is 0 Å². The molecular formula is C14H10BrCl2FO. The van der Waals surface area contributed by atoms with Crippen molar-refractivity contribution in [2.75, 3.05) is 0 Å². The fourth-order valence-corrected chi connectivity index (χ4v) is 2.53. The topological polar surface area (TPSA) is 20.2 Å². The Bertz CT molecular complexity index is 604. The van der Waals surface area contributed by atoms with Crippen LogP contribution in [-0.4, -0.2) is 5.11 Å². The van der Waals surface area contributed by atoms with Crippen LogP contribution in [0.4, 0.5) is 4.39 Å². The molecule has 1 unspecified atom stereocenters. The Morgan fingerprint density at radius 3 is 2.58 bits per heavy atom. The third-order valence-corrected chi connectivity index (χ3v) is 3.82. The van der Waals surface area contributed by atoms with E-state index in [-0.39, 0.29) is 12.2 Å². The van der Waals surface area contributed by atoms with Crippen molar-refractivity contribution in [2.24, 2.45) is 0 Å². The molecule has 0 aliphatic carbocycles. The van der Waals surface area contributed by atoms with Crippen LogP contribution in [0, 0.1) is 5.82 Å². The van der Waals surface area contributed by atoms with Crippen molar-refractivity contribution < 1.29 is 9.50 Å². The van der Waals surface area contributed by atoms with Crippen molar-refractivity contribution in [1.29, 1.82) is 0 Å².